The standard InChI is InChI=1S/C17H32N6.HI/c1-5-19-17(20-7-6-9-22-10-8-18-13-22)21-16-12-23(14(2)3)11-15(16)4;/h8,10,13-16H,5-7,9,11-12H2,1-4H3,(H2,19,20,21);1H. The van der Waals surface area contributed by atoms with Crippen LogP contribution >= 0.6 is 24.0 Å². The van der Waals surface area contributed by atoms with Crippen LogP contribution in [0.4, 0.5) is 0 Å². The van der Waals surface area contributed by atoms with E-state index in [1.165, 1.54) is 0 Å². The highest BCUT2D eigenvalue weighted by molar-refractivity contribution is 14.0. The summed E-state index contributed by atoms with van der Waals surface area (Å²) in [7, 11) is 0. The largest absolute Gasteiger partial charge is 0.357 e. The molecule has 7 heteroatoms. The molecule has 24 heavy (non-hydrogen) atoms. The molecule has 0 aliphatic carbocycles. The number of imidazole rings is 1. The van der Waals surface area contributed by atoms with Gasteiger partial charge in [-0.3, -0.25) is 9.89 Å². The Morgan fingerprint density at radius 1 is 1.38 bits per heavy atom. The molecule has 2 rings (SSSR count). The minimum absolute atomic E-state index is 0. The van der Waals surface area contributed by atoms with Gasteiger partial charge in [0, 0.05) is 57.2 Å². The van der Waals surface area contributed by atoms with Crippen molar-refractivity contribution in [3.05, 3.63) is 18.7 Å². The van der Waals surface area contributed by atoms with E-state index in [2.05, 4.69) is 52.8 Å². The van der Waals surface area contributed by atoms with E-state index in [9.17, 15) is 0 Å². The lowest BCUT2D eigenvalue weighted by Gasteiger charge is -2.22. The maximum absolute atomic E-state index is 4.72. The van der Waals surface area contributed by atoms with Crippen LogP contribution in [0.25, 0.3) is 0 Å². The van der Waals surface area contributed by atoms with Gasteiger partial charge in [0.25, 0.3) is 0 Å². The quantitative estimate of drug-likeness (QED) is 0.291. The number of aromatic nitrogens is 2. The fourth-order valence-electron chi connectivity index (χ4n) is 2.97. The number of guanidine groups is 1. The number of likely N-dealkylation sites (tertiary alicyclic amines) is 1. The first-order chi connectivity index (χ1) is 11.1. The molecule has 1 aromatic heterocycles. The fraction of sp³-hybridized carbons (Fsp3) is 0.765. The van der Waals surface area contributed by atoms with Gasteiger partial charge in [0.2, 0.25) is 0 Å². The molecule has 1 saturated heterocycles. The summed E-state index contributed by atoms with van der Waals surface area (Å²) >= 11 is 0. The Bertz CT molecular complexity index is 473. The summed E-state index contributed by atoms with van der Waals surface area (Å²) in [4.78, 5) is 11.3. The summed E-state index contributed by atoms with van der Waals surface area (Å²) in [5, 5.41) is 6.99. The van der Waals surface area contributed by atoms with Crippen molar-refractivity contribution in [2.75, 3.05) is 26.2 Å². The van der Waals surface area contributed by atoms with E-state index < -0.39 is 0 Å². The van der Waals surface area contributed by atoms with Crippen LogP contribution in [0.5, 0.6) is 0 Å². The van der Waals surface area contributed by atoms with Crippen LogP contribution in [0.2, 0.25) is 0 Å². The van der Waals surface area contributed by atoms with Crippen molar-refractivity contribution < 1.29 is 0 Å². The first-order valence-corrected chi connectivity index (χ1v) is 8.84. The Hall–Kier alpha value is -0.830. The molecule has 2 atom stereocenters. The lowest BCUT2D eigenvalue weighted by atomic mass is 10.1. The third kappa shape index (κ3) is 6.58. The Labute approximate surface area is 163 Å². The molecule has 0 saturated carbocycles. The maximum Gasteiger partial charge on any atom is 0.191 e. The SMILES string of the molecule is CCNC(=NCCCn1ccnc1)NC1CN(C(C)C)CC1C.I. The lowest BCUT2D eigenvalue weighted by Crippen LogP contribution is -2.46. The summed E-state index contributed by atoms with van der Waals surface area (Å²) in [5.74, 6) is 1.59. The van der Waals surface area contributed by atoms with Crippen molar-refractivity contribution >= 4 is 29.9 Å². The molecule has 2 unspecified atom stereocenters. The second-order valence-corrected chi connectivity index (χ2v) is 6.69. The highest BCUT2D eigenvalue weighted by atomic mass is 127. The van der Waals surface area contributed by atoms with E-state index in [0.29, 0.717) is 18.0 Å². The second-order valence-electron chi connectivity index (χ2n) is 6.69. The zero-order valence-electron chi connectivity index (χ0n) is 15.4. The van der Waals surface area contributed by atoms with Crippen molar-refractivity contribution in [3.8, 4) is 0 Å². The smallest absolute Gasteiger partial charge is 0.191 e. The topological polar surface area (TPSA) is 57.5 Å². The zero-order chi connectivity index (χ0) is 16.7. The predicted octanol–water partition coefficient (Wildman–Crippen LogP) is 2.18. The van der Waals surface area contributed by atoms with E-state index in [1.54, 1.807) is 0 Å². The van der Waals surface area contributed by atoms with Crippen LogP contribution in [-0.2, 0) is 6.54 Å². The number of nitrogens with one attached hydrogen (secondary N) is 2. The minimum Gasteiger partial charge on any atom is -0.357 e. The van der Waals surface area contributed by atoms with E-state index in [-0.39, 0.29) is 24.0 Å². The number of hydrogen-bond donors (Lipinski definition) is 2. The van der Waals surface area contributed by atoms with Gasteiger partial charge in [-0.25, -0.2) is 4.98 Å². The molecule has 2 heterocycles. The Kier molecular flexibility index (Phi) is 9.65. The summed E-state index contributed by atoms with van der Waals surface area (Å²) in [6, 6.07) is 1.09. The third-order valence-electron chi connectivity index (χ3n) is 4.44. The van der Waals surface area contributed by atoms with E-state index in [1.807, 2.05) is 18.7 Å². The van der Waals surface area contributed by atoms with Crippen molar-refractivity contribution in [2.45, 2.75) is 52.7 Å². The van der Waals surface area contributed by atoms with Gasteiger partial charge in [0.15, 0.2) is 5.96 Å². The molecule has 0 radical (unpaired) electrons. The van der Waals surface area contributed by atoms with Crippen molar-refractivity contribution in [2.24, 2.45) is 10.9 Å². The maximum atomic E-state index is 4.72. The van der Waals surface area contributed by atoms with Crippen LogP contribution in [-0.4, -0.2) is 58.7 Å². The summed E-state index contributed by atoms with van der Waals surface area (Å²) < 4.78 is 2.09. The molecule has 2 N–H and O–H groups in total. The van der Waals surface area contributed by atoms with Crippen LogP contribution in [0.3, 0.4) is 0 Å². The van der Waals surface area contributed by atoms with Gasteiger partial charge in [-0.2, -0.15) is 0 Å². The highest BCUT2D eigenvalue weighted by Crippen LogP contribution is 2.18. The average molecular weight is 448 g/mol. The molecule has 0 spiro atoms. The fourth-order valence-corrected chi connectivity index (χ4v) is 2.97. The minimum atomic E-state index is 0. The zero-order valence-corrected chi connectivity index (χ0v) is 17.7. The van der Waals surface area contributed by atoms with Crippen molar-refractivity contribution in [1.29, 1.82) is 0 Å². The molecule has 1 aliphatic rings. The number of nitrogens with zero attached hydrogens (tertiary/aromatic N) is 4. The molecular weight excluding hydrogens is 415 g/mol. The highest BCUT2D eigenvalue weighted by Gasteiger charge is 2.31. The first kappa shape index (κ1) is 21.2. The van der Waals surface area contributed by atoms with E-state index in [4.69, 9.17) is 4.99 Å². The Balaban J connectivity index is 0.00000288. The van der Waals surface area contributed by atoms with Crippen LogP contribution in [0.15, 0.2) is 23.7 Å². The van der Waals surface area contributed by atoms with Gasteiger partial charge in [-0.05, 0) is 33.1 Å². The number of rotatable bonds is 7. The average Bonchev–Trinajstić information content (AvgIpc) is 3.14. The molecular formula is C17H33IN6. The Morgan fingerprint density at radius 2 is 2.17 bits per heavy atom. The third-order valence-corrected chi connectivity index (χ3v) is 4.44. The molecule has 1 aliphatic heterocycles. The summed E-state index contributed by atoms with van der Waals surface area (Å²) in [6.07, 6.45) is 6.68. The number of hydrogen-bond acceptors (Lipinski definition) is 3. The van der Waals surface area contributed by atoms with Crippen LogP contribution in [0.1, 0.15) is 34.1 Å². The number of aryl methyl sites for hydroxylation is 1. The number of halogens is 1. The summed E-state index contributed by atoms with van der Waals surface area (Å²) in [5.41, 5.74) is 0. The van der Waals surface area contributed by atoms with Gasteiger partial charge in [-0.15, -0.1) is 24.0 Å². The van der Waals surface area contributed by atoms with Gasteiger partial charge in [0.1, 0.15) is 0 Å². The van der Waals surface area contributed by atoms with Gasteiger partial charge in [-0.1, -0.05) is 6.92 Å². The van der Waals surface area contributed by atoms with E-state index >= 15 is 0 Å². The molecule has 1 fully saturated rings. The van der Waals surface area contributed by atoms with Crippen LogP contribution in [0, 0.1) is 5.92 Å². The van der Waals surface area contributed by atoms with E-state index in [0.717, 1.165) is 45.1 Å². The van der Waals surface area contributed by atoms with Gasteiger partial charge in [0.05, 0.1) is 6.33 Å². The normalized spacial score (nSPS) is 21.8. The molecule has 0 aromatic carbocycles. The number of aliphatic imine (C=N–C) groups is 1. The second kappa shape index (κ2) is 10.9. The molecule has 1 aromatic rings. The molecule has 6 nitrogen and oxygen atoms in total. The van der Waals surface area contributed by atoms with Gasteiger partial charge < -0.3 is 15.2 Å². The molecule has 0 amide bonds. The first-order valence-electron chi connectivity index (χ1n) is 8.84. The molecule has 0 bridgehead atoms. The lowest BCUT2D eigenvalue weighted by molar-refractivity contribution is 0.265. The van der Waals surface area contributed by atoms with Crippen LogP contribution < -0.4 is 10.6 Å². The van der Waals surface area contributed by atoms with Gasteiger partial charge >= 0.3 is 0 Å². The Morgan fingerprint density at radius 3 is 2.75 bits per heavy atom. The molecule has 138 valence electrons. The van der Waals surface area contributed by atoms with Crippen molar-refractivity contribution in [1.82, 2.24) is 25.1 Å². The predicted molar refractivity (Wildman–Crippen MR) is 111 cm³/mol. The van der Waals surface area contributed by atoms with Crippen molar-refractivity contribution in [3.63, 3.8) is 0 Å². The summed E-state index contributed by atoms with van der Waals surface area (Å²) in [6.45, 7) is 13.9. The monoisotopic (exact) mass is 448 g/mol.